The standard InChI is InChI=1S/C16H21FN2S/c1-11(2)19(4)15-6-5-13(9-14(15)17)18-10-16-12(3)7-8-20-16/h5-9,11,18H,10H2,1-4H3. The summed E-state index contributed by atoms with van der Waals surface area (Å²) in [6.45, 7) is 6.92. The molecule has 4 heteroatoms. The van der Waals surface area contributed by atoms with E-state index in [2.05, 4.69) is 23.7 Å². The monoisotopic (exact) mass is 292 g/mol. The Morgan fingerprint density at radius 3 is 2.60 bits per heavy atom. The van der Waals surface area contributed by atoms with Crippen LogP contribution in [0.15, 0.2) is 29.6 Å². The molecule has 2 aromatic rings. The molecule has 0 fully saturated rings. The Morgan fingerprint density at radius 1 is 1.30 bits per heavy atom. The summed E-state index contributed by atoms with van der Waals surface area (Å²) in [5, 5.41) is 5.35. The van der Waals surface area contributed by atoms with Crippen molar-refractivity contribution < 1.29 is 4.39 Å². The van der Waals surface area contributed by atoms with Crippen LogP contribution in [0.5, 0.6) is 0 Å². The van der Waals surface area contributed by atoms with Crippen molar-refractivity contribution in [3.05, 3.63) is 45.9 Å². The minimum Gasteiger partial charge on any atom is -0.380 e. The average Bonchev–Trinajstić information content (AvgIpc) is 2.81. The Labute approximate surface area is 124 Å². The normalized spacial score (nSPS) is 10.9. The third kappa shape index (κ3) is 3.31. The molecule has 2 rings (SSSR count). The van der Waals surface area contributed by atoms with Crippen LogP contribution in [0.2, 0.25) is 0 Å². The van der Waals surface area contributed by atoms with Gasteiger partial charge in [-0.25, -0.2) is 4.39 Å². The van der Waals surface area contributed by atoms with Gasteiger partial charge in [-0.2, -0.15) is 0 Å². The average molecular weight is 292 g/mol. The topological polar surface area (TPSA) is 15.3 Å². The highest BCUT2D eigenvalue weighted by Crippen LogP contribution is 2.24. The van der Waals surface area contributed by atoms with Crippen molar-refractivity contribution in [2.24, 2.45) is 0 Å². The number of nitrogens with one attached hydrogen (secondary N) is 1. The fourth-order valence-corrected chi connectivity index (χ4v) is 2.79. The van der Waals surface area contributed by atoms with E-state index in [1.165, 1.54) is 10.4 Å². The smallest absolute Gasteiger partial charge is 0.148 e. The quantitative estimate of drug-likeness (QED) is 0.862. The van der Waals surface area contributed by atoms with E-state index in [9.17, 15) is 4.39 Å². The maximum absolute atomic E-state index is 14.1. The molecule has 0 aliphatic carbocycles. The van der Waals surface area contributed by atoms with Gasteiger partial charge in [-0.1, -0.05) is 0 Å². The second-order valence-electron chi connectivity index (χ2n) is 5.25. The first kappa shape index (κ1) is 14.9. The van der Waals surface area contributed by atoms with Crippen molar-refractivity contribution in [1.82, 2.24) is 0 Å². The molecule has 108 valence electrons. The maximum atomic E-state index is 14.1. The fourth-order valence-electron chi connectivity index (χ4n) is 1.95. The van der Waals surface area contributed by atoms with Gasteiger partial charge < -0.3 is 10.2 Å². The molecule has 0 saturated heterocycles. The van der Waals surface area contributed by atoms with E-state index >= 15 is 0 Å². The lowest BCUT2D eigenvalue weighted by Gasteiger charge is -2.24. The lowest BCUT2D eigenvalue weighted by molar-refractivity contribution is 0.614. The van der Waals surface area contributed by atoms with Gasteiger partial charge in [-0.15, -0.1) is 11.3 Å². The zero-order valence-electron chi connectivity index (χ0n) is 12.4. The zero-order valence-corrected chi connectivity index (χ0v) is 13.2. The van der Waals surface area contributed by atoms with Crippen LogP contribution in [-0.4, -0.2) is 13.1 Å². The molecule has 1 aromatic heterocycles. The third-order valence-corrected chi connectivity index (χ3v) is 4.55. The second-order valence-corrected chi connectivity index (χ2v) is 6.25. The number of anilines is 2. The van der Waals surface area contributed by atoms with Gasteiger partial charge in [0.2, 0.25) is 0 Å². The van der Waals surface area contributed by atoms with Crippen molar-refractivity contribution in [2.45, 2.75) is 33.4 Å². The van der Waals surface area contributed by atoms with E-state index in [-0.39, 0.29) is 11.9 Å². The summed E-state index contributed by atoms with van der Waals surface area (Å²) in [4.78, 5) is 3.22. The Morgan fingerprint density at radius 2 is 2.05 bits per heavy atom. The van der Waals surface area contributed by atoms with Crippen LogP contribution in [0.4, 0.5) is 15.8 Å². The van der Waals surface area contributed by atoms with Crippen LogP contribution in [-0.2, 0) is 6.54 Å². The molecule has 1 heterocycles. The van der Waals surface area contributed by atoms with Gasteiger partial charge in [0.1, 0.15) is 5.82 Å². The molecule has 0 radical (unpaired) electrons. The number of hydrogen-bond donors (Lipinski definition) is 1. The molecule has 0 bridgehead atoms. The SMILES string of the molecule is Cc1ccsc1CNc1ccc(N(C)C(C)C)c(F)c1. The molecule has 0 spiro atoms. The summed E-state index contributed by atoms with van der Waals surface area (Å²) in [5.41, 5.74) is 2.73. The van der Waals surface area contributed by atoms with Crippen LogP contribution in [0.1, 0.15) is 24.3 Å². The van der Waals surface area contributed by atoms with Gasteiger partial charge in [0.05, 0.1) is 5.69 Å². The second kappa shape index (κ2) is 6.27. The van der Waals surface area contributed by atoms with E-state index in [1.54, 1.807) is 17.4 Å². The van der Waals surface area contributed by atoms with Crippen molar-refractivity contribution in [2.75, 3.05) is 17.3 Å². The number of benzene rings is 1. The molecule has 0 atom stereocenters. The van der Waals surface area contributed by atoms with E-state index in [4.69, 9.17) is 0 Å². The van der Waals surface area contributed by atoms with Crippen molar-refractivity contribution >= 4 is 22.7 Å². The summed E-state index contributed by atoms with van der Waals surface area (Å²) in [7, 11) is 1.91. The van der Waals surface area contributed by atoms with E-state index < -0.39 is 0 Å². The first-order valence-electron chi connectivity index (χ1n) is 6.78. The Kier molecular flexibility index (Phi) is 4.65. The molecule has 20 heavy (non-hydrogen) atoms. The lowest BCUT2D eigenvalue weighted by atomic mass is 10.2. The minimum atomic E-state index is -0.186. The summed E-state index contributed by atoms with van der Waals surface area (Å²) in [6.07, 6.45) is 0. The number of rotatable bonds is 5. The summed E-state index contributed by atoms with van der Waals surface area (Å²) < 4.78 is 14.1. The number of thiophene rings is 1. The zero-order chi connectivity index (χ0) is 14.7. The molecule has 0 aliphatic rings. The molecule has 0 aliphatic heterocycles. The summed E-state index contributed by atoms with van der Waals surface area (Å²) in [6, 6.07) is 7.70. The van der Waals surface area contributed by atoms with Gasteiger partial charge in [-0.05, 0) is 56.0 Å². The molecular formula is C16H21FN2S. The highest BCUT2D eigenvalue weighted by atomic mass is 32.1. The van der Waals surface area contributed by atoms with Gasteiger partial charge in [0.25, 0.3) is 0 Å². The number of nitrogens with zero attached hydrogens (tertiary/aromatic N) is 1. The van der Waals surface area contributed by atoms with Gasteiger partial charge in [0, 0.05) is 30.2 Å². The Hall–Kier alpha value is -1.55. The van der Waals surface area contributed by atoms with Crippen LogP contribution in [0, 0.1) is 12.7 Å². The first-order valence-corrected chi connectivity index (χ1v) is 7.66. The molecule has 2 nitrogen and oxygen atoms in total. The van der Waals surface area contributed by atoms with Crippen molar-refractivity contribution in [3.63, 3.8) is 0 Å². The maximum Gasteiger partial charge on any atom is 0.148 e. The largest absolute Gasteiger partial charge is 0.380 e. The molecule has 1 N–H and O–H groups in total. The molecule has 0 amide bonds. The predicted molar refractivity (Wildman–Crippen MR) is 86.3 cm³/mol. The van der Waals surface area contributed by atoms with Crippen LogP contribution >= 0.6 is 11.3 Å². The van der Waals surface area contributed by atoms with Crippen molar-refractivity contribution in [3.8, 4) is 0 Å². The number of aryl methyl sites for hydroxylation is 1. The van der Waals surface area contributed by atoms with Crippen LogP contribution in [0.3, 0.4) is 0 Å². The van der Waals surface area contributed by atoms with E-state index in [1.807, 2.05) is 37.9 Å². The summed E-state index contributed by atoms with van der Waals surface area (Å²) >= 11 is 1.72. The van der Waals surface area contributed by atoms with Crippen molar-refractivity contribution in [1.29, 1.82) is 0 Å². The summed E-state index contributed by atoms with van der Waals surface area (Å²) in [5.74, 6) is -0.186. The van der Waals surface area contributed by atoms with E-state index in [0.29, 0.717) is 5.69 Å². The van der Waals surface area contributed by atoms with Gasteiger partial charge in [-0.3, -0.25) is 0 Å². The molecular weight excluding hydrogens is 271 g/mol. The first-order chi connectivity index (χ1) is 9.49. The predicted octanol–water partition coefficient (Wildman–Crippen LogP) is 4.65. The number of hydrogen-bond acceptors (Lipinski definition) is 3. The molecule has 0 saturated carbocycles. The highest BCUT2D eigenvalue weighted by Gasteiger charge is 2.11. The fraction of sp³-hybridized carbons (Fsp3) is 0.375. The van der Waals surface area contributed by atoms with Crippen LogP contribution < -0.4 is 10.2 Å². The lowest BCUT2D eigenvalue weighted by Crippen LogP contribution is -2.26. The molecule has 0 unspecified atom stereocenters. The Balaban J connectivity index is 2.07. The number of halogens is 1. The third-order valence-electron chi connectivity index (χ3n) is 3.52. The minimum absolute atomic E-state index is 0.186. The molecule has 1 aromatic carbocycles. The Bertz CT molecular complexity index is 578. The highest BCUT2D eigenvalue weighted by molar-refractivity contribution is 7.10. The van der Waals surface area contributed by atoms with Gasteiger partial charge in [0.15, 0.2) is 0 Å². The van der Waals surface area contributed by atoms with Crippen LogP contribution in [0.25, 0.3) is 0 Å². The van der Waals surface area contributed by atoms with E-state index in [0.717, 1.165) is 12.2 Å². The van der Waals surface area contributed by atoms with Gasteiger partial charge >= 0.3 is 0 Å².